The first kappa shape index (κ1) is 13.0. The summed E-state index contributed by atoms with van der Waals surface area (Å²) < 4.78 is 6.28. The predicted molar refractivity (Wildman–Crippen MR) is 77.2 cm³/mol. The van der Waals surface area contributed by atoms with E-state index in [0.717, 1.165) is 17.1 Å². The van der Waals surface area contributed by atoms with Crippen molar-refractivity contribution < 1.29 is 4.74 Å². The normalized spacial score (nSPS) is 12.6. The molecule has 0 amide bonds. The Hall–Kier alpha value is -1.46. The van der Waals surface area contributed by atoms with E-state index in [1.54, 1.807) is 0 Å². The minimum atomic E-state index is 0.496. The van der Waals surface area contributed by atoms with Gasteiger partial charge in [-0.1, -0.05) is 0 Å². The second-order valence-electron chi connectivity index (χ2n) is 4.09. The van der Waals surface area contributed by atoms with E-state index in [0.29, 0.717) is 4.71 Å². The van der Waals surface area contributed by atoms with Crippen molar-refractivity contribution in [2.45, 2.75) is 11.6 Å². The van der Waals surface area contributed by atoms with E-state index in [4.69, 9.17) is 4.74 Å². The Kier molecular flexibility index (Phi) is 4.66. The molecule has 1 atom stereocenters. The minimum absolute atomic E-state index is 0.496. The maximum absolute atomic E-state index is 5.79. The molecule has 0 aliphatic heterocycles. The van der Waals surface area contributed by atoms with Gasteiger partial charge in [-0.05, 0) is 0 Å². The van der Waals surface area contributed by atoms with Crippen LogP contribution in [0.15, 0.2) is 60.7 Å². The zero-order valence-electron chi connectivity index (χ0n) is 10.3. The number of para-hydroxylation sites is 1. The van der Waals surface area contributed by atoms with Crippen LogP contribution in [0.1, 0.15) is 12.5 Å². The molecule has 2 rings (SSSR count). The van der Waals surface area contributed by atoms with Gasteiger partial charge in [-0.25, -0.2) is 0 Å². The van der Waals surface area contributed by atoms with Crippen molar-refractivity contribution >= 4 is 22.9 Å². The zero-order valence-corrected chi connectivity index (χ0v) is 12.2. The van der Waals surface area contributed by atoms with Gasteiger partial charge in [-0.2, -0.15) is 0 Å². The second-order valence-corrected chi connectivity index (χ2v) is 5.80. The number of rotatable bonds is 4. The molecule has 0 aliphatic carbocycles. The third-order valence-electron chi connectivity index (χ3n) is 2.40. The van der Waals surface area contributed by atoms with Gasteiger partial charge in [-0.3, -0.25) is 0 Å². The summed E-state index contributed by atoms with van der Waals surface area (Å²) in [7, 11) is 0. The third-order valence-corrected chi connectivity index (χ3v) is 2.77. The summed E-state index contributed by atoms with van der Waals surface area (Å²) in [4.78, 5) is 0. The number of hydrogen-bond donors (Lipinski definition) is 0. The van der Waals surface area contributed by atoms with Crippen LogP contribution in [0.25, 0.3) is 6.08 Å². The monoisotopic (exact) mass is 298 g/mol. The van der Waals surface area contributed by atoms with Gasteiger partial charge < -0.3 is 0 Å². The average Bonchev–Trinajstić information content (AvgIpc) is 2.38. The fourth-order valence-electron chi connectivity index (χ4n) is 1.56. The molecule has 2 aromatic carbocycles. The molecule has 0 aliphatic rings. The molecule has 0 bridgehead atoms. The van der Waals surface area contributed by atoms with Crippen LogP contribution in [0.4, 0.5) is 0 Å². The molecule has 0 aromatic heterocycles. The summed E-state index contributed by atoms with van der Waals surface area (Å²) in [6.45, 7) is 2.14. The summed E-state index contributed by atoms with van der Waals surface area (Å²) in [5, 5.41) is 0. The molecular formula is C16H15AsO. The van der Waals surface area contributed by atoms with Crippen molar-refractivity contribution in [2.24, 2.45) is 0 Å². The van der Waals surface area contributed by atoms with Crippen molar-refractivity contribution in [1.29, 1.82) is 0 Å². The topological polar surface area (TPSA) is 9.23 Å². The van der Waals surface area contributed by atoms with Crippen molar-refractivity contribution in [1.82, 2.24) is 0 Å². The van der Waals surface area contributed by atoms with Crippen molar-refractivity contribution in [3.05, 3.63) is 66.2 Å². The van der Waals surface area contributed by atoms with Gasteiger partial charge in [0, 0.05) is 0 Å². The predicted octanol–water partition coefficient (Wildman–Crippen LogP) is 4.47. The molecule has 2 aromatic rings. The van der Waals surface area contributed by atoms with Crippen molar-refractivity contribution in [3.63, 3.8) is 0 Å². The van der Waals surface area contributed by atoms with Crippen molar-refractivity contribution in [3.8, 4) is 11.5 Å². The molecule has 18 heavy (non-hydrogen) atoms. The molecule has 0 N–H and O–H groups in total. The molecule has 1 nitrogen and oxygen atoms in total. The average molecular weight is 298 g/mol. The van der Waals surface area contributed by atoms with Gasteiger partial charge in [0.1, 0.15) is 0 Å². The van der Waals surface area contributed by atoms with Gasteiger partial charge in [0.2, 0.25) is 0 Å². The van der Waals surface area contributed by atoms with E-state index in [2.05, 4.69) is 42.0 Å². The van der Waals surface area contributed by atoms with Crippen LogP contribution in [-0.4, -0.2) is 16.9 Å². The molecule has 0 spiro atoms. The Morgan fingerprint density at radius 3 is 2.44 bits per heavy atom. The summed E-state index contributed by atoms with van der Waals surface area (Å²) in [6.07, 6.45) is 4.27. The van der Waals surface area contributed by atoms with E-state index in [1.807, 2.05) is 48.5 Å². The van der Waals surface area contributed by atoms with Gasteiger partial charge in [0.15, 0.2) is 0 Å². The molecule has 2 heteroatoms. The van der Waals surface area contributed by atoms with E-state index in [-0.39, 0.29) is 0 Å². The zero-order chi connectivity index (χ0) is 12.8. The Morgan fingerprint density at radius 1 is 1.00 bits per heavy atom. The molecule has 1 unspecified atom stereocenters. The first-order valence-corrected chi connectivity index (χ1v) is 7.01. The third kappa shape index (κ3) is 4.09. The molecule has 0 saturated heterocycles. The maximum atomic E-state index is 5.79. The SMILES string of the molecule is CC([As])/C=C/c1cccc(Oc2ccccc2)c1. The fourth-order valence-corrected chi connectivity index (χ4v) is 1.74. The van der Waals surface area contributed by atoms with Crippen LogP contribution in [0.5, 0.6) is 11.5 Å². The second kappa shape index (κ2) is 6.47. The van der Waals surface area contributed by atoms with E-state index in [9.17, 15) is 0 Å². The van der Waals surface area contributed by atoms with Crippen LogP contribution in [0.3, 0.4) is 0 Å². The van der Waals surface area contributed by atoms with E-state index >= 15 is 0 Å². The fraction of sp³-hybridized carbons (Fsp3) is 0.125. The van der Waals surface area contributed by atoms with Gasteiger partial charge in [-0.15, -0.1) is 0 Å². The molecule has 2 radical (unpaired) electrons. The van der Waals surface area contributed by atoms with E-state index in [1.165, 1.54) is 0 Å². The summed E-state index contributed by atoms with van der Waals surface area (Å²) in [5.74, 6) is 1.72. The van der Waals surface area contributed by atoms with Crippen molar-refractivity contribution in [2.75, 3.05) is 0 Å². The molecule has 90 valence electrons. The number of benzene rings is 2. The summed E-state index contributed by atoms with van der Waals surface area (Å²) >= 11 is 2.61. The Balaban J connectivity index is 2.13. The quantitative estimate of drug-likeness (QED) is 0.757. The Labute approximate surface area is 117 Å². The van der Waals surface area contributed by atoms with Crippen LogP contribution >= 0.6 is 0 Å². The molecule has 0 saturated carbocycles. The van der Waals surface area contributed by atoms with Gasteiger partial charge in [0.25, 0.3) is 0 Å². The molecule has 0 heterocycles. The van der Waals surface area contributed by atoms with Gasteiger partial charge >= 0.3 is 117 Å². The van der Waals surface area contributed by atoms with Crippen LogP contribution < -0.4 is 4.74 Å². The van der Waals surface area contributed by atoms with Crippen LogP contribution in [0.2, 0.25) is 4.71 Å². The summed E-state index contributed by atoms with van der Waals surface area (Å²) in [6, 6.07) is 17.9. The number of hydrogen-bond acceptors (Lipinski definition) is 1. The number of ether oxygens (including phenoxy) is 1. The Morgan fingerprint density at radius 2 is 1.72 bits per heavy atom. The first-order valence-electron chi connectivity index (χ1n) is 5.93. The molecule has 0 fully saturated rings. The first-order chi connectivity index (χ1) is 8.74. The van der Waals surface area contributed by atoms with Crippen LogP contribution in [0, 0.1) is 0 Å². The standard InChI is InChI=1S/C16H15AsO/c1-13(17)10-11-14-6-5-9-16(12-14)18-15-7-3-2-4-8-15/h2-13H,1H3/b11-10+. The Bertz CT molecular complexity index is 518. The van der Waals surface area contributed by atoms with Gasteiger partial charge in [0.05, 0.1) is 0 Å². The number of allylic oxidation sites excluding steroid dienone is 1. The van der Waals surface area contributed by atoms with E-state index < -0.39 is 0 Å². The molecular weight excluding hydrogens is 283 g/mol. The summed E-state index contributed by atoms with van der Waals surface area (Å²) in [5.41, 5.74) is 1.15. The van der Waals surface area contributed by atoms with Crippen LogP contribution in [-0.2, 0) is 0 Å².